The standard InChI is InChI=1S/C17H25NO3/c1-11(2)13(4)16(20)9-12(3)17(21)18-15-7-5-14(10-19)6-8-15/h5-8,11-13,19H,9-10H2,1-4H3,(H,18,21)/t12-,13+/m1/s1. The van der Waals surface area contributed by atoms with Gasteiger partial charge in [0, 0.05) is 23.9 Å². The van der Waals surface area contributed by atoms with Crippen molar-refractivity contribution in [3.05, 3.63) is 29.8 Å². The topological polar surface area (TPSA) is 66.4 Å². The molecule has 0 aliphatic rings. The summed E-state index contributed by atoms with van der Waals surface area (Å²) in [6, 6.07) is 7.00. The molecule has 0 aliphatic carbocycles. The van der Waals surface area contributed by atoms with Gasteiger partial charge in [0.15, 0.2) is 0 Å². The van der Waals surface area contributed by atoms with Crippen LogP contribution in [0.5, 0.6) is 0 Å². The number of nitrogens with one attached hydrogen (secondary N) is 1. The number of anilines is 1. The third-order valence-corrected chi connectivity index (χ3v) is 3.87. The number of aliphatic hydroxyl groups excluding tert-OH is 1. The summed E-state index contributed by atoms with van der Waals surface area (Å²) >= 11 is 0. The van der Waals surface area contributed by atoms with E-state index in [2.05, 4.69) is 5.32 Å². The second kappa shape index (κ2) is 7.93. The molecule has 0 aromatic heterocycles. The number of hydrogen-bond donors (Lipinski definition) is 2. The highest BCUT2D eigenvalue weighted by atomic mass is 16.3. The van der Waals surface area contributed by atoms with E-state index >= 15 is 0 Å². The lowest BCUT2D eigenvalue weighted by Crippen LogP contribution is -2.26. The van der Waals surface area contributed by atoms with Gasteiger partial charge in [0.05, 0.1) is 6.61 Å². The van der Waals surface area contributed by atoms with Crippen LogP contribution in [0.3, 0.4) is 0 Å². The molecule has 0 fully saturated rings. The van der Waals surface area contributed by atoms with Gasteiger partial charge in [-0.1, -0.05) is 39.8 Å². The SMILES string of the molecule is CC(C)[C@H](C)C(=O)C[C@@H](C)C(=O)Nc1ccc(CO)cc1. The minimum absolute atomic E-state index is 0.0216. The molecule has 1 amide bonds. The number of ketones is 1. The fourth-order valence-corrected chi connectivity index (χ4v) is 1.91. The zero-order chi connectivity index (χ0) is 16.0. The molecule has 21 heavy (non-hydrogen) atoms. The van der Waals surface area contributed by atoms with Gasteiger partial charge < -0.3 is 10.4 Å². The minimum atomic E-state index is -0.351. The highest BCUT2D eigenvalue weighted by molar-refractivity contribution is 5.95. The average Bonchev–Trinajstić information content (AvgIpc) is 2.46. The number of benzene rings is 1. The van der Waals surface area contributed by atoms with Crippen molar-refractivity contribution < 1.29 is 14.7 Å². The molecule has 0 spiro atoms. The van der Waals surface area contributed by atoms with E-state index in [1.807, 2.05) is 20.8 Å². The summed E-state index contributed by atoms with van der Waals surface area (Å²) in [5.41, 5.74) is 1.47. The van der Waals surface area contributed by atoms with E-state index in [9.17, 15) is 9.59 Å². The van der Waals surface area contributed by atoms with Gasteiger partial charge in [-0.2, -0.15) is 0 Å². The van der Waals surface area contributed by atoms with Crippen molar-refractivity contribution in [2.45, 2.75) is 40.7 Å². The van der Waals surface area contributed by atoms with Gasteiger partial charge in [-0.15, -0.1) is 0 Å². The van der Waals surface area contributed by atoms with Gasteiger partial charge in [-0.3, -0.25) is 9.59 Å². The number of rotatable bonds is 7. The Morgan fingerprint density at radius 2 is 1.67 bits per heavy atom. The predicted molar refractivity (Wildman–Crippen MR) is 83.8 cm³/mol. The van der Waals surface area contributed by atoms with Crippen LogP contribution in [0.4, 0.5) is 5.69 Å². The number of aliphatic hydroxyl groups is 1. The Balaban J connectivity index is 2.56. The first-order valence-corrected chi connectivity index (χ1v) is 7.38. The van der Waals surface area contributed by atoms with Crippen LogP contribution in [0.2, 0.25) is 0 Å². The van der Waals surface area contributed by atoms with E-state index in [1.54, 1.807) is 31.2 Å². The third kappa shape index (κ3) is 5.31. The first-order chi connectivity index (χ1) is 9.85. The van der Waals surface area contributed by atoms with Gasteiger partial charge in [0.1, 0.15) is 5.78 Å². The zero-order valence-electron chi connectivity index (χ0n) is 13.2. The fourth-order valence-electron chi connectivity index (χ4n) is 1.91. The molecular formula is C17H25NO3. The van der Waals surface area contributed by atoms with Crippen LogP contribution in [-0.2, 0) is 16.2 Å². The normalized spacial score (nSPS) is 13.8. The van der Waals surface area contributed by atoms with Crippen molar-refractivity contribution in [2.75, 3.05) is 5.32 Å². The van der Waals surface area contributed by atoms with Crippen molar-refractivity contribution in [2.24, 2.45) is 17.8 Å². The highest BCUT2D eigenvalue weighted by Gasteiger charge is 2.22. The Morgan fingerprint density at radius 3 is 2.14 bits per heavy atom. The fraction of sp³-hybridized carbons (Fsp3) is 0.529. The molecule has 0 bridgehead atoms. The number of hydrogen-bond acceptors (Lipinski definition) is 3. The van der Waals surface area contributed by atoms with E-state index < -0.39 is 0 Å². The van der Waals surface area contributed by atoms with Crippen molar-refractivity contribution >= 4 is 17.4 Å². The minimum Gasteiger partial charge on any atom is -0.392 e. The maximum atomic E-state index is 12.1. The Morgan fingerprint density at radius 1 is 1.10 bits per heavy atom. The lowest BCUT2D eigenvalue weighted by atomic mass is 9.88. The number of carbonyl (C=O) groups excluding carboxylic acids is 2. The molecule has 0 saturated carbocycles. The summed E-state index contributed by atoms with van der Waals surface area (Å²) in [5.74, 6) is -0.113. The third-order valence-electron chi connectivity index (χ3n) is 3.87. The lowest BCUT2D eigenvalue weighted by Gasteiger charge is -2.17. The summed E-state index contributed by atoms with van der Waals surface area (Å²) in [5, 5.41) is 11.8. The molecule has 2 atom stereocenters. The smallest absolute Gasteiger partial charge is 0.227 e. The predicted octanol–water partition coefficient (Wildman–Crippen LogP) is 3.00. The number of amides is 1. The van der Waals surface area contributed by atoms with E-state index in [0.717, 1.165) is 5.56 Å². The van der Waals surface area contributed by atoms with Gasteiger partial charge in [-0.25, -0.2) is 0 Å². The molecule has 1 aromatic carbocycles. The lowest BCUT2D eigenvalue weighted by molar-refractivity contribution is -0.128. The number of Topliss-reactive ketones (excluding diaryl/α,β-unsaturated/α-hetero) is 1. The Hall–Kier alpha value is -1.68. The second-order valence-corrected chi connectivity index (χ2v) is 5.95. The molecule has 0 radical (unpaired) electrons. The van der Waals surface area contributed by atoms with Gasteiger partial charge in [0.2, 0.25) is 5.91 Å². The van der Waals surface area contributed by atoms with Crippen LogP contribution in [0, 0.1) is 17.8 Å². The molecule has 0 unspecified atom stereocenters. The van der Waals surface area contributed by atoms with Crippen LogP contribution < -0.4 is 5.32 Å². The van der Waals surface area contributed by atoms with E-state index in [0.29, 0.717) is 11.6 Å². The molecule has 4 nitrogen and oxygen atoms in total. The zero-order valence-corrected chi connectivity index (χ0v) is 13.2. The van der Waals surface area contributed by atoms with Crippen molar-refractivity contribution in [3.8, 4) is 0 Å². The monoisotopic (exact) mass is 291 g/mol. The number of carbonyl (C=O) groups is 2. The molecule has 1 aromatic rings. The maximum absolute atomic E-state index is 12.1. The largest absolute Gasteiger partial charge is 0.392 e. The molecule has 4 heteroatoms. The van der Waals surface area contributed by atoms with Gasteiger partial charge in [0.25, 0.3) is 0 Å². The quantitative estimate of drug-likeness (QED) is 0.811. The Labute approximate surface area is 126 Å². The first-order valence-electron chi connectivity index (χ1n) is 7.38. The summed E-state index contributed by atoms with van der Waals surface area (Å²) in [4.78, 5) is 24.1. The molecule has 1 rings (SSSR count). The van der Waals surface area contributed by atoms with Gasteiger partial charge in [-0.05, 0) is 23.6 Å². The van der Waals surface area contributed by atoms with Crippen molar-refractivity contribution in [1.29, 1.82) is 0 Å². The van der Waals surface area contributed by atoms with Crippen molar-refractivity contribution in [1.82, 2.24) is 0 Å². The molecule has 0 heterocycles. The van der Waals surface area contributed by atoms with E-state index in [4.69, 9.17) is 5.11 Å². The second-order valence-electron chi connectivity index (χ2n) is 5.95. The van der Waals surface area contributed by atoms with E-state index in [1.165, 1.54) is 0 Å². The van der Waals surface area contributed by atoms with E-state index in [-0.39, 0.29) is 36.6 Å². The van der Waals surface area contributed by atoms with Crippen LogP contribution in [0.15, 0.2) is 24.3 Å². The highest BCUT2D eigenvalue weighted by Crippen LogP contribution is 2.17. The maximum Gasteiger partial charge on any atom is 0.227 e. The Kier molecular flexibility index (Phi) is 6.56. The van der Waals surface area contributed by atoms with Crippen LogP contribution >= 0.6 is 0 Å². The Bertz CT molecular complexity index is 479. The average molecular weight is 291 g/mol. The molecule has 2 N–H and O–H groups in total. The molecular weight excluding hydrogens is 266 g/mol. The van der Waals surface area contributed by atoms with Crippen LogP contribution in [0.1, 0.15) is 39.7 Å². The van der Waals surface area contributed by atoms with Gasteiger partial charge >= 0.3 is 0 Å². The summed E-state index contributed by atoms with van der Waals surface area (Å²) in [6.45, 7) is 7.67. The summed E-state index contributed by atoms with van der Waals surface area (Å²) in [7, 11) is 0. The molecule has 116 valence electrons. The summed E-state index contributed by atoms with van der Waals surface area (Å²) < 4.78 is 0. The van der Waals surface area contributed by atoms with Crippen LogP contribution in [-0.4, -0.2) is 16.8 Å². The summed E-state index contributed by atoms with van der Waals surface area (Å²) in [6.07, 6.45) is 0.264. The van der Waals surface area contributed by atoms with Crippen molar-refractivity contribution in [3.63, 3.8) is 0 Å². The molecule has 0 aliphatic heterocycles. The first kappa shape index (κ1) is 17.4. The molecule has 0 saturated heterocycles. The van der Waals surface area contributed by atoms with Crippen LogP contribution in [0.25, 0.3) is 0 Å².